The summed E-state index contributed by atoms with van der Waals surface area (Å²) in [5, 5.41) is 0. The maximum Gasteiger partial charge on any atom is 0.289 e. The van der Waals surface area contributed by atoms with E-state index in [-0.39, 0.29) is 17.4 Å². The Morgan fingerprint density at radius 1 is 1.30 bits per heavy atom. The third-order valence-electron chi connectivity index (χ3n) is 3.94. The van der Waals surface area contributed by atoms with Crippen LogP contribution in [0.2, 0.25) is 0 Å². The van der Waals surface area contributed by atoms with Gasteiger partial charge in [-0.25, -0.2) is 4.98 Å². The maximum absolute atomic E-state index is 12.2. The third-order valence-corrected chi connectivity index (χ3v) is 3.94. The maximum atomic E-state index is 12.2. The van der Waals surface area contributed by atoms with Gasteiger partial charge in [-0.2, -0.15) is 0 Å². The van der Waals surface area contributed by atoms with Crippen molar-refractivity contribution in [1.82, 2.24) is 14.9 Å². The molecule has 122 valence electrons. The molecule has 1 aliphatic heterocycles. The highest BCUT2D eigenvalue weighted by Crippen LogP contribution is 2.15. The molecule has 1 saturated heterocycles. The molecule has 7 heteroatoms. The predicted molar refractivity (Wildman–Crippen MR) is 85.8 cm³/mol. The number of piperazine rings is 1. The van der Waals surface area contributed by atoms with Crippen LogP contribution in [0.1, 0.15) is 36.0 Å². The van der Waals surface area contributed by atoms with Crippen LogP contribution in [-0.2, 0) is 0 Å². The standard InChI is InChI=1S/C16H20N4O3/c1-11(2)12-10-14(21)18-16(17-12)20-7-5-19(6-8-20)15(22)13-4-3-9-23-13/h3-4,9-11H,5-8H2,1-2H3,(H,17,18,21). The summed E-state index contributed by atoms with van der Waals surface area (Å²) in [4.78, 5) is 35.1. The van der Waals surface area contributed by atoms with Crippen LogP contribution >= 0.6 is 0 Å². The number of aromatic nitrogens is 2. The minimum Gasteiger partial charge on any atom is -0.459 e. The van der Waals surface area contributed by atoms with E-state index in [0.717, 1.165) is 5.69 Å². The lowest BCUT2D eigenvalue weighted by Gasteiger charge is -2.34. The molecular formula is C16H20N4O3. The Hall–Kier alpha value is -2.57. The summed E-state index contributed by atoms with van der Waals surface area (Å²) in [6.45, 7) is 6.38. The molecule has 1 N–H and O–H groups in total. The number of H-pyrrole nitrogens is 1. The highest BCUT2D eigenvalue weighted by molar-refractivity contribution is 5.91. The van der Waals surface area contributed by atoms with Gasteiger partial charge in [0.05, 0.1) is 12.0 Å². The number of hydrogen-bond acceptors (Lipinski definition) is 5. The fraction of sp³-hybridized carbons (Fsp3) is 0.438. The van der Waals surface area contributed by atoms with Crippen molar-refractivity contribution in [3.05, 3.63) is 46.3 Å². The van der Waals surface area contributed by atoms with Gasteiger partial charge in [0, 0.05) is 32.2 Å². The lowest BCUT2D eigenvalue weighted by molar-refractivity contribution is 0.0714. The average Bonchev–Trinajstić information content (AvgIpc) is 3.08. The number of furan rings is 1. The highest BCUT2D eigenvalue weighted by Gasteiger charge is 2.25. The first-order valence-corrected chi connectivity index (χ1v) is 7.73. The Balaban J connectivity index is 1.70. The Morgan fingerprint density at radius 3 is 2.65 bits per heavy atom. The first kappa shape index (κ1) is 15.3. The normalized spacial score (nSPS) is 15.3. The van der Waals surface area contributed by atoms with Crippen LogP contribution in [0.3, 0.4) is 0 Å². The number of anilines is 1. The van der Waals surface area contributed by atoms with Gasteiger partial charge >= 0.3 is 0 Å². The van der Waals surface area contributed by atoms with Crippen molar-refractivity contribution in [2.75, 3.05) is 31.1 Å². The molecule has 0 spiro atoms. The molecule has 2 aromatic heterocycles. The molecule has 0 atom stereocenters. The van der Waals surface area contributed by atoms with Crippen molar-refractivity contribution in [3.8, 4) is 0 Å². The quantitative estimate of drug-likeness (QED) is 0.926. The summed E-state index contributed by atoms with van der Waals surface area (Å²) in [5.74, 6) is 1.02. The lowest BCUT2D eigenvalue weighted by atomic mass is 10.1. The monoisotopic (exact) mass is 316 g/mol. The van der Waals surface area contributed by atoms with Gasteiger partial charge in [-0.15, -0.1) is 0 Å². The van der Waals surface area contributed by atoms with Gasteiger partial charge in [0.1, 0.15) is 0 Å². The van der Waals surface area contributed by atoms with Crippen LogP contribution in [0.5, 0.6) is 0 Å². The van der Waals surface area contributed by atoms with Crippen molar-refractivity contribution in [3.63, 3.8) is 0 Å². The van der Waals surface area contributed by atoms with E-state index in [1.807, 2.05) is 18.7 Å². The van der Waals surface area contributed by atoms with Gasteiger partial charge in [-0.1, -0.05) is 13.8 Å². The van der Waals surface area contributed by atoms with E-state index in [9.17, 15) is 9.59 Å². The van der Waals surface area contributed by atoms with E-state index in [1.54, 1.807) is 17.0 Å². The second-order valence-corrected chi connectivity index (χ2v) is 5.91. The first-order chi connectivity index (χ1) is 11.0. The molecule has 2 aromatic rings. The second kappa shape index (κ2) is 6.28. The number of hydrogen-bond donors (Lipinski definition) is 1. The minimum absolute atomic E-state index is 0.105. The number of rotatable bonds is 3. The Labute approximate surface area is 133 Å². The van der Waals surface area contributed by atoms with Gasteiger partial charge in [0.15, 0.2) is 5.76 Å². The van der Waals surface area contributed by atoms with Crippen LogP contribution in [0, 0.1) is 0 Å². The summed E-state index contributed by atoms with van der Waals surface area (Å²) in [7, 11) is 0. The average molecular weight is 316 g/mol. The third kappa shape index (κ3) is 3.28. The smallest absolute Gasteiger partial charge is 0.289 e. The molecule has 0 aromatic carbocycles. The number of carbonyl (C=O) groups excluding carboxylic acids is 1. The summed E-state index contributed by atoms with van der Waals surface area (Å²) < 4.78 is 5.15. The molecule has 3 heterocycles. The molecule has 0 bridgehead atoms. The van der Waals surface area contributed by atoms with Crippen molar-refractivity contribution in [1.29, 1.82) is 0 Å². The van der Waals surface area contributed by atoms with Crippen LogP contribution in [0.4, 0.5) is 5.95 Å². The molecule has 1 aliphatic rings. The molecule has 0 unspecified atom stereocenters. The van der Waals surface area contributed by atoms with Crippen LogP contribution in [-0.4, -0.2) is 47.0 Å². The Kier molecular flexibility index (Phi) is 4.18. The molecule has 0 radical (unpaired) electrons. The molecule has 1 amide bonds. The van der Waals surface area contributed by atoms with Crippen LogP contribution in [0.25, 0.3) is 0 Å². The molecule has 1 fully saturated rings. The lowest BCUT2D eigenvalue weighted by Crippen LogP contribution is -2.49. The molecule has 0 aliphatic carbocycles. The van der Waals surface area contributed by atoms with Crippen molar-refractivity contribution in [2.24, 2.45) is 0 Å². The van der Waals surface area contributed by atoms with E-state index in [0.29, 0.717) is 37.9 Å². The van der Waals surface area contributed by atoms with Gasteiger partial charge in [0.2, 0.25) is 5.95 Å². The fourth-order valence-electron chi connectivity index (χ4n) is 2.59. The van der Waals surface area contributed by atoms with E-state index in [2.05, 4.69) is 9.97 Å². The summed E-state index contributed by atoms with van der Waals surface area (Å²) in [6.07, 6.45) is 1.50. The summed E-state index contributed by atoms with van der Waals surface area (Å²) in [6, 6.07) is 4.90. The van der Waals surface area contributed by atoms with E-state index >= 15 is 0 Å². The molecule has 7 nitrogen and oxygen atoms in total. The van der Waals surface area contributed by atoms with Crippen molar-refractivity contribution in [2.45, 2.75) is 19.8 Å². The van der Waals surface area contributed by atoms with Gasteiger partial charge in [-0.05, 0) is 18.1 Å². The van der Waals surface area contributed by atoms with Gasteiger partial charge < -0.3 is 14.2 Å². The Bertz CT molecular complexity index is 728. The molecule has 3 rings (SSSR count). The minimum atomic E-state index is -0.146. The van der Waals surface area contributed by atoms with Gasteiger partial charge in [0.25, 0.3) is 11.5 Å². The second-order valence-electron chi connectivity index (χ2n) is 5.91. The van der Waals surface area contributed by atoms with E-state index < -0.39 is 0 Å². The zero-order chi connectivity index (χ0) is 16.4. The van der Waals surface area contributed by atoms with Crippen molar-refractivity contribution < 1.29 is 9.21 Å². The number of nitrogens with one attached hydrogen (secondary N) is 1. The SMILES string of the molecule is CC(C)c1cc(=O)[nH]c(N2CCN(C(=O)c3ccco3)CC2)n1. The largest absolute Gasteiger partial charge is 0.459 e. The molecule has 23 heavy (non-hydrogen) atoms. The summed E-state index contributed by atoms with van der Waals surface area (Å²) >= 11 is 0. The van der Waals surface area contributed by atoms with Gasteiger partial charge in [-0.3, -0.25) is 14.6 Å². The number of nitrogens with zero attached hydrogens (tertiary/aromatic N) is 3. The van der Waals surface area contributed by atoms with Crippen LogP contribution in [0.15, 0.2) is 33.7 Å². The molecular weight excluding hydrogens is 296 g/mol. The van der Waals surface area contributed by atoms with Crippen LogP contribution < -0.4 is 10.5 Å². The zero-order valence-corrected chi connectivity index (χ0v) is 13.3. The predicted octanol–water partition coefficient (Wildman–Crippen LogP) is 1.45. The topological polar surface area (TPSA) is 82.4 Å². The zero-order valence-electron chi connectivity index (χ0n) is 13.3. The van der Waals surface area contributed by atoms with E-state index in [4.69, 9.17) is 4.42 Å². The fourth-order valence-corrected chi connectivity index (χ4v) is 2.59. The molecule has 0 saturated carbocycles. The first-order valence-electron chi connectivity index (χ1n) is 7.73. The Morgan fingerprint density at radius 2 is 2.04 bits per heavy atom. The number of carbonyl (C=O) groups is 1. The summed E-state index contributed by atoms with van der Waals surface area (Å²) in [5.41, 5.74) is 0.630. The number of aromatic amines is 1. The van der Waals surface area contributed by atoms with E-state index in [1.165, 1.54) is 12.3 Å². The highest BCUT2D eigenvalue weighted by atomic mass is 16.3. The number of amides is 1. The van der Waals surface area contributed by atoms with Crippen molar-refractivity contribution >= 4 is 11.9 Å².